The Bertz CT molecular complexity index is 1930. The second-order valence-corrected chi connectivity index (χ2v) is 10.4. The number of hydrogen-bond acceptors (Lipinski definition) is 16. The van der Waals surface area contributed by atoms with Gasteiger partial charge in [-0.1, -0.05) is 0 Å². The van der Waals surface area contributed by atoms with Gasteiger partial charge in [-0.25, -0.2) is 33.6 Å². The minimum absolute atomic E-state index is 0.0278. The van der Waals surface area contributed by atoms with Gasteiger partial charge in [0.1, 0.15) is 11.8 Å². The summed E-state index contributed by atoms with van der Waals surface area (Å²) in [6.07, 6.45) is 4.61. The lowest BCUT2D eigenvalue weighted by atomic mass is 10.1. The highest BCUT2D eigenvalue weighted by atomic mass is 16.6. The van der Waals surface area contributed by atoms with Gasteiger partial charge in [-0.2, -0.15) is 15.0 Å². The smallest absolute Gasteiger partial charge is 0.349 e. The predicted molar refractivity (Wildman–Crippen MR) is 179 cm³/mol. The van der Waals surface area contributed by atoms with Crippen molar-refractivity contribution >= 4 is 71.0 Å². The van der Waals surface area contributed by atoms with Crippen LogP contribution in [0.25, 0.3) is 0 Å². The molecule has 2 amide bonds. The van der Waals surface area contributed by atoms with Crippen LogP contribution in [0.15, 0.2) is 87.8 Å². The number of carbonyl (C=O) groups excluding carboxylic acids is 9. The molecule has 18 nitrogen and oxygen atoms in total. The second-order valence-electron chi connectivity index (χ2n) is 10.4. The maximum Gasteiger partial charge on any atom is 0.349 e. The standard InChI is InChI=1S/C35H29N5O13/c41-20-37-25-8-4-23(5-9-25)33(47)50-17-30(44)36-16-2-1-3-29(35(49)52-19-32(46)53-28-14-12-27(13-15-28)39-22-43)40-31(45)18-51-34(48)24-6-10-26(11-7-24)38-21-42/h4-15,29H,1-3,16-19H2,(H,36,44)(H,40,45). The average molecular weight is 728 g/mol. The number of nitrogens with zero attached hydrogens (tertiary/aromatic N) is 3. The van der Waals surface area contributed by atoms with E-state index in [1.54, 1.807) is 0 Å². The normalized spacial score (nSPS) is 10.4. The number of hydrogen-bond donors (Lipinski definition) is 2. The molecule has 3 aromatic carbocycles. The van der Waals surface area contributed by atoms with Crippen molar-refractivity contribution < 1.29 is 62.1 Å². The molecule has 53 heavy (non-hydrogen) atoms. The van der Waals surface area contributed by atoms with Crippen molar-refractivity contribution in [2.45, 2.75) is 25.3 Å². The van der Waals surface area contributed by atoms with E-state index in [1.807, 2.05) is 0 Å². The van der Waals surface area contributed by atoms with E-state index in [4.69, 9.17) is 18.9 Å². The average Bonchev–Trinajstić information content (AvgIpc) is 3.16. The largest absolute Gasteiger partial charge is 0.452 e. The van der Waals surface area contributed by atoms with Gasteiger partial charge in [0.25, 0.3) is 11.8 Å². The summed E-state index contributed by atoms with van der Waals surface area (Å²) in [6.45, 7) is -2.10. The third-order valence-electron chi connectivity index (χ3n) is 6.66. The molecular weight excluding hydrogens is 698 g/mol. The SMILES string of the molecule is O=C=Nc1ccc(OC(=O)COC(=O)C(CCCCNC(=O)COC(=O)c2ccc(N=C=O)cc2)NC(=O)COC(=O)c2ccc(N=C=O)cc2)cc1. The minimum Gasteiger partial charge on any atom is -0.452 e. The molecule has 272 valence electrons. The highest BCUT2D eigenvalue weighted by Gasteiger charge is 2.24. The summed E-state index contributed by atoms with van der Waals surface area (Å²) in [5.74, 6) is -5.03. The van der Waals surface area contributed by atoms with Gasteiger partial charge in [0.15, 0.2) is 19.8 Å². The summed E-state index contributed by atoms with van der Waals surface area (Å²) >= 11 is 0. The molecule has 0 heterocycles. The maximum absolute atomic E-state index is 12.9. The molecule has 0 aromatic heterocycles. The molecule has 1 atom stereocenters. The Morgan fingerprint density at radius 2 is 1.06 bits per heavy atom. The molecule has 0 radical (unpaired) electrons. The van der Waals surface area contributed by atoms with Gasteiger partial charge < -0.3 is 29.6 Å². The Labute approximate surface area is 299 Å². The van der Waals surface area contributed by atoms with Crippen LogP contribution in [-0.2, 0) is 47.8 Å². The van der Waals surface area contributed by atoms with Gasteiger partial charge in [0.2, 0.25) is 18.2 Å². The predicted octanol–water partition coefficient (Wildman–Crippen LogP) is 2.52. The number of nitrogens with one attached hydrogen (secondary N) is 2. The molecule has 1 unspecified atom stereocenters. The van der Waals surface area contributed by atoms with Gasteiger partial charge >= 0.3 is 23.9 Å². The molecule has 2 N–H and O–H groups in total. The van der Waals surface area contributed by atoms with Crippen LogP contribution < -0.4 is 15.4 Å². The lowest BCUT2D eigenvalue weighted by Gasteiger charge is -2.18. The molecule has 0 bridgehead atoms. The van der Waals surface area contributed by atoms with Gasteiger partial charge in [0.05, 0.1) is 28.2 Å². The first-order valence-electron chi connectivity index (χ1n) is 15.4. The summed E-state index contributed by atoms with van der Waals surface area (Å²) < 4.78 is 20.1. The molecule has 3 rings (SSSR count). The van der Waals surface area contributed by atoms with E-state index in [-0.39, 0.29) is 53.3 Å². The molecule has 0 saturated carbocycles. The monoisotopic (exact) mass is 727 g/mol. The molecule has 0 aliphatic carbocycles. The fourth-order valence-corrected chi connectivity index (χ4v) is 4.15. The lowest BCUT2D eigenvalue weighted by Crippen LogP contribution is -2.44. The zero-order chi connectivity index (χ0) is 38.4. The summed E-state index contributed by atoms with van der Waals surface area (Å²) in [7, 11) is 0. The van der Waals surface area contributed by atoms with Crippen LogP contribution >= 0.6 is 0 Å². The van der Waals surface area contributed by atoms with Crippen LogP contribution in [-0.4, -0.2) is 86.3 Å². The number of isocyanates is 3. The lowest BCUT2D eigenvalue weighted by molar-refractivity contribution is -0.156. The van der Waals surface area contributed by atoms with Crippen molar-refractivity contribution in [3.05, 3.63) is 83.9 Å². The topological polar surface area (TPSA) is 252 Å². The Morgan fingerprint density at radius 3 is 1.55 bits per heavy atom. The summed E-state index contributed by atoms with van der Waals surface area (Å²) in [4.78, 5) is 116. The highest BCUT2D eigenvalue weighted by molar-refractivity contribution is 5.93. The molecule has 18 heteroatoms. The Kier molecular flexibility index (Phi) is 16.4. The van der Waals surface area contributed by atoms with Crippen molar-refractivity contribution in [3.8, 4) is 5.75 Å². The van der Waals surface area contributed by atoms with Gasteiger partial charge in [-0.15, -0.1) is 0 Å². The Balaban J connectivity index is 1.49. The zero-order valence-corrected chi connectivity index (χ0v) is 27.6. The van der Waals surface area contributed by atoms with Gasteiger partial charge in [0, 0.05) is 6.54 Å². The van der Waals surface area contributed by atoms with Crippen LogP contribution in [0.4, 0.5) is 17.1 Å². The van der Waals surface area contributed by atoms with E-state index in [9.17, 15) is 43.2 Å². The van der Waals surface area contributed by atoms with E-state index in [0.29, 0.717) is 6.42 Å². The molecule has 0 spiro atoms. The van der Waals surface area contributed by atoms with Crippen molar-refractivity contribution in [2.24, 2.45) is 15.0 Å². The number of esters is 4. The number of rotatable bonds is 19. The number of benzene rings is 3. The fraction of sp³-hybridized carbons (Fsp3) is 0.229. The third kappa shape index (κ3) is 14.6. The molecule has 3 aromatic rings. The van der Waals surface area contributed by atoms with Crippen molar-refractivity contribution in [2.75, 3.05) is 26.4 Å². The van der Waals surface area contributed by atoms with Gasteiger partial charge in [-0.3, -0.25) is 9.59 Å². The van der Waals surface area contributed by atoms with E-state index >= 15 is 0 Å². The quantitative estimate of drug-likeness (QED) is 0.0450. The van der Waals surface area contributed by atoms with E-state index in [1.165, 1.54) is 91.0 Å². The zero-order valence-electron chi connectivity index (χ0n) is 27.6. The van der Waals surface area contributed by atoms with Crippen molar-refractivity contribution in [1.82, 2.24) is 10.6 Å². The number of unbranched alkanes of at least 4 members (excludes halogenated alkanes) is 1. The number of aliphatic imine (C=N–C) groups is 3. The molecular formula is C35H29N5O13. The van der Waals surface area contributed by atoms with E-state index in [2.05, 4.69) is 25.6 Å². The highest BCUT2D eigenvalue weighted by Crippen LogP contribution is 2.18. The first-order valence-corrected chi connectivity index (χ1v) is 15.4. The molecule has 0 aliphatic heterocycles. The molecule has 0 fully saturated rings. The summed E-state index contributed by atoms with van der Waals surface area (Å²) in [5, 5.41) is 4.93. The van der Waals surface area contributed by atoms with E-state index in [0.717, 1.165) is 0 Å². The van der Waals surface area contributed by atoms with Crippen LogP contribution in [0, 0.1) is 0 Å². The van der Waals surface area contributed by atoms with Crippen molar-refractivity contribution in [1.29, 1.82) is 0 Å². The first kappa shape index (κ1) is 40.1. The Hall–Kier alpha value is -7.38. The first-order chi connectivity index (χ1) is 25.6. The second kappa shape index (κ2) is 21.7. The van der Waals surface area contributed by atoms with Gasteiger partial charge in [-0.05, 0) is 92.1 Å². The minimum atomic E-state index is -1.31. The summed E-state index contributed by atoms with van der Waals surface area (Å²) in [5.41, 5.74) is 0.987. The number of amides is 2. The maximum atomic E-state index is 12.9. The summed E-state index contributed by atoms with van der Waals surface area (Å²) in [6, 6.07) is 15.0. The van der Waals surface area contributed by atoms with Crippen LogP contribution in [0.2, 0.25) is 0 Å². The molecule has 0 aliphatic rings. The fourth-order valence-electron chi connectivity index (χ4n) is 4.15. The van der Waals surface area contributed by atoms with E-state index < -0.39 is 61.6 Å². The van der Waals surface area contributed by atoms with Crippen LogP contribution in [0.5, 0.6) is 5.75 Å². The third-order valence-corrected chi connectivity index (χ3v) is 6.66. The van der Waals surface area contributed by atoms with Crippen molar-refractivity contribution in [3.63, 3.8) is 0 Å². The number of ether oxygens (including phenoxy) is 4. The molecule has 0 saturated heterocycles. The Morgan fingerprint density at radius 1 is 0.585 bits per heavy atom. The van der Waals surface area contributed by atoms with Crippen LogP contribution in [0.1, 0.15) is 40.0 Å². The van der Waals surface area contributed by atoms with Crippen LogP contribution in [0.3, 0.4) is 0 Å². The number of carbonyl (C=O) groups is 6.